The van der Waals surface area contributed by atoms with E-state index in [2.05, 4.69) is 31.7 Å². The average molecular weight is 581 g/mol. The number of nitrogens with zero attached hydrogens (tertiary/aromatic N) is 2. The molecule has 0 saturated carbocycles. The molecule has 2 atom stereocenters. The highest BCUT2D eigenvalue weighted by atomic mass is 19.1. The number of rotatable bonds is 10. The first kappa shape index (κ1) is 32.0. The van der Waals surface area contributed by atoms with Gasteiger partial charge in [0, 0.05) is 35.6 Å². The second-order valence-electron chi connectivity index (χ2n) is 13.9. The van der Waals surface area contributed by atoms with Crippen LogP contribution in [0.2, 0.25) is 0 Å². The van der Waals surface area contributed by atoms with Gasteiger partial charge in [0.05, 0.1) is 24.0 Å². The van der Waals surface area contributed by atoms with Crippen molar-refractivity contribution >= 4 is 17.2 Å². The van der Waals surface area contributed by atoms with E-state index in [1.165, 1.54) is 17.7 Å². The number of benzene rings is 1. The van der Waals surface area contributed by atoms with E-state index in [4.69, 9.17) is 19.2 Å². The number of ether oxygens (including phenoxy) is 3. The Kier molecular flexibility index (Phi) is 9.71. The highest BCUT2D eigenvalue weighted by Crippen LogP contribution is 2.47. The molecule has 2 aliphatic rings. The van der Waals surface area contributed by atoms with Crippen molar-refractivity contribution in [3.8, 4) is 5.75 Å². The lowest BCUT2D eigenvalue weighted by Gasteiger charge is -2.42. The zero-order valence-corrected chi connectivity index (χ0v) is 27.0. The predicted molar refractivity (Wildman–Crippen MR) is 166 cm³/mol. The zero-order valence-electron chi connectivity index (χ0n) is 27.0. The quantitative estimate of drug-likeness (QED) is 0.264. The summed E-state index contributed by atoms with van der Waals surface area (Å²) < 4.78 is 31.3. The van der Waals surface area contributed by atoms with Crippen LogP contribution in [0.4, 0.5) is 10.1 Å². The maximum Gasteiger partial charge on any atom is 0.340 e. The summed E-state index contributed by atoms with van der Waals surface area (Å²) in [5.41, 5.74) is 5.73. The lowest BCUT2D eigenvalue weighted by Crippen LogP contribution is -2.40. The molecule has 1 aliphatic heterocycles. The Morgan fingerprint density at radius 2 is 1.71 bits per heavy atom. The van der Waals surface area contributed by atoms with Crippen LogP contribution in [0.1, 0.15) is 103 Å². The van der Waals surface area contributed by atoms with Gasteiger partial charge in [-0.2, -0.15) is 0 Å². The van der Waals surface area contributed by atoms with Crippen LogP contribution in [0, 0.1) is 31.0 Å². The summed E-state index contributed by atoms with van der Waals surface area (Å²) in [5, 5.41) is 0. The highest BCUT2D eigenvalue weighted by Gasteiger charge is 2.38. The molecule has 2 aromatic rings. The highest BCUT2D eigenvalue weighted by molar-refractivity contribution is 5.88. The van der Waals surface area contributed by atoms with Crippen LogP contribution in [0.25, 0.3) is 5.57 Å². The standard InChI is InChI=1S/C35H49FN2O4/c1-22(2)41-33(39)32(42-34(5,6)7)30-24(4)37-23(3)29(31(30)38-17-15-35(8,9)16-18-38)26-20-25(21-26)14-19-40-28-12-10-27(36)11-13-28/h10-13,20,22,25,32H,14-19,21H2,1-9H3/t25?,32-/m0/s1. The molecule has 0 N–H and O–H groups in total. The first-order chi connectivity index (χ1) is 19.6. The minimum atomic E-state index is -0.884. The molecule has 0 spiro atoms. The summed E-state index contributed by atoms with van der Waals surface area (Å²) in [7, 11) is 0. The average Bonchev–Trinajstić information content (AvgIpc) is 2.85. The molecule has 6 nitrogen and oxygen atoms in total. The van der Waals surface area contributed by atoms with Crippen LogP contribution in [-0.4, -0.2) is 42.4 Å². The lowest BCUT2D eigenvalue weighted by molar-refractivity contribution is -0.171. The van der Waals surface area contributed by atoms with E-state index in [0.29, 0.717) is 18.3 Å². The third kappa shape index (κ3) is 7.91. The molecule has 0 radical (unpaired) electrons. The Bertz CT molecular complexity index is 1280. The second-order valence-corrected chi connectivity index (χ2v) is 13.9. The Morgan fingerprint density at radius 3 is 2.29 bits per heavy atom. The summed E-state index contributed by atoms with van der Waals surface area (Å²) in [6.07, 6.45) is 5.09. The molecule has 7 heteroatoms. The Hall–Kier alpha value is -2.93. The number of piperidine rings is 1. The van der Waals surface area contributed by atoms with Crippen molar-refractivity contribution in [1.29, 1.82) is 0 Å². The molecule has 4 rings (SSSR count). The van der Waals surface area contributed by atoms with Crippen molar-refractivity contribution in [2.75, 3.05) is 24.6 Å². The van der Waals surface area contributed by atoms with Crippen LogP contribution >= 0.6 is 0 Å². The molecular formula is C35H49FN2O4. The fourth-order valence-corrected chi connectivity index (χ4v) is 5.84. The Labute approximate surface area is 251 Å². The Morgan fingerprint density at radius 1 is 1.10 bits per heavy atom. The molecule has 0 bridgehead atoms. The number of pyridine rings is 1. The maximum absolute atomic E-state index is 13.6. The van der Waals surface area contributed by atoms with Crippen LogP contribution in [0.5, 0.6) is 5.75 Å². The molecule has 1 saturated heterocycles. The third-order valence-corrected chi connectivity index (χ3v) is 8.12. The van der Waals surface area contributed by atoms with Gasteiger partial charge in [0.15, 0.2) is 6.10 Å². The summed E-state index contributed by atoms with van der Waals surface area (Å²) >= 11 is 0. The fourth-order valence-electron chi connectivity index (χ4n) is 5.84. The SMILES string of the molecule is Cc1nc(C)c([C@H](OC(C)(C)C)C(=O)OC(C)C)c(N2CCC(C)(C)CC2)c1C1=CC(CCOc2ccc(F)cc2)C1. The van der Waals surface area contributed by atoms with E-state index < -0.39 is 11.7 Å². The molecule has 0 amide bonds. The largest absolute Gasteiger partial charge is 0.494 e. The van der Waals surface area contributed by atoms with Gasteiger partial charge < -0.3 is 19.1 Å². The number of allylic oxidation sites excluding steroid dienone is 2. The topological polar surface area (TPSA) is 60.9 Å². The van der Waals surface area contributed by atoms with E-state index in [-0.39, 0.29) is 23.3 Å². The molecule has 1 aromatic carbocycles. The number of hydrogen-bond acceptors (Lipinski definition) is 6. The number of carbonyl (C=O) groups excluding carboxylic acids is 1. The molecule has 2 heterocycles. The summed E-state index contributed by atoms with van der Waals surface area (Å²) in [4.78, 5) is 21.1. The van der Waals surface area contributed by atoms with Crippen LogP contribution in [-0.2, 0) is 14.3 Å². The van der Waals surface area contributed by atoms with Crippen molar-refractivity contribution in [2.45, 2.75) is 106 Å². The van der Waals surface area contributed by atoms with E-state index >= 15 is 0 Å². The van der Waals surface area contributed by atoms with Crippen molar-refractivity contribution in [3.63, 3.8) is 0 Å². The minimum absolute atomic E-state index is 0.256. The van der Waals surface area contributed by atoms with E-state index in [1.54, 1.807) is 12.1 Å². The van der Waals surface area contributed by atoms with Gasteiger partial charge in [0.2, 0.25) is 0 Å². The van der Waals surface area contributed by atoms with Crippen molar-refractivity contribution in [3.05, 3.63) is 58.7 Å². The number of hydrogen-bond donors (Lipinski definition) is 0. The first-order valence-corrected chi connectivity index (χ1v) is 15.4. The molecule has 230 valence electrons. The molecule has 1 aliphatic carbocycles. The molecule has 1 aromatic heterocycles. The first-order valence-electron chi connectivity index (χ1n) is 15.4. The van der Waals surface area contributed by atoms with Gasteiger partial charge in [0.25, 0.3) is 0 Å². The van der Waals surface area contributed by atoms with Crippen LogP contribution in [0.15, 0.2) is 30.3 Å². The number of halogens is 1. The van der Waals surface area contributed by atoms with Gasteiger partial charge in [-0.05, 0) is 115 Å². The van der Waals surface area contributed by atoms with Crippen LogP contribution < -0.4 is 9.64 Å². The third-order valence-electron chi connectivity index (χ3n) is 8.12. The molecule has 1 unspecified atom stereocenters. The van der Waals surface area contributed by atoms with Crippen molar-refractivity contribution in [2.24, 2.45) is 11.3 Å². The second kappa shape index (κ2) is 12.7. The molecule has 1 fully saturated rings. The van der Waals surface area contributed by atoms with Gasteiger partial charge in [-0.1, -0.05) is 19.9 Å². The number of aromatic nitrogens is 1. The molecular weight excluding hydrogens is 531 g/mol. The van der Waals surface area contributed by atoms with Gasteiger partial charge >= 0.3 is 5.97 Å². The number of aryl methyl sites for hydroxylation is 2. The van der Waals surface area contributed by atoms with Gasteiger partial charge in [-0.3, -0.25) is 4.98 Å². The summed E-state index contributed by atoms with van der Waals surface area (Å²) in [6, 6.07) is 6.15. The number of carbonyl (C=O) groups is 1. The van der Waals surface area contributed by atoms with Crippen LogP contribution in [0.3, 0.4) is 0 Å². The Balaban J connectivity index is 1.70. The van der Waals surface area contributed by atoms with Crippen molar-refractivity contribution in [1.82, 2.24) is 4.98 Å². The number of anilines is 1. The monoisotopic (exact) mass is 580 g/mol. The van der Waals surface area contributed by atoms with Crippen molar-refractivity contribution < 1.29 is 23.4 Å². The fraction of sp³-hybridized carbons (Fsp3) is 0.600. The molecule has 42 heavy (non-hydrogen) atoms. The van der Waals surface area contributed by atoms with Gasteiger partial charge in [0.1, 0.15) is 11.6 Å². The van der Waals surface area contributed by atoms with E-state index in [9.17, 15) is 9.18 Å². The zero-order chi connectivity index (χ0) is 30.8. The summed E-state index contributed by atoms with van der Waals surface area (Å²) in [5.74, 6) is 0.412. The maximum atomic E-state index is 13.6. The van der Waals surface area contributed by atoms with Gasteiger partial charge in [-0.15, -0.1) is 0 Å². The predicted octanol–water partition coefficient (Wildman–Crippen LogP) is 8.14. The summed E-state index contributed by atoms with van der Waals surface area (Å²) in [6.45, 7) is 20.7. The minimum Gasteiger partial charge on any atom is -0.494 e. The van der Waals surface area contributed by atoms with E-state index in [0.717, 1.165) is 67.0 Å². The smallest absolute Gasteiger partial charge is 0.340 e. The van der Waals surface area contributed by atoms with Gasteiger partial charge in [-0.25, -0.2) is 9.18 Å². The normalized spacial score (nSPS) is 19.3. The lowest BCUT2D eigenvalue weighted by atomic mass is 9.77. The number of esters is 1. The van der Waals surface area contributed by atoms with E-state index in [1.807, 2.05) is 41.5 Å².